The van der Waals surface area contributed by atoms with E-state index in [4.69, 9.17) is 0 Å². The lowest BCUT2D eigenvalue weighted by Gasteiger charge is -2.46. The Morgan fingerprint density at radius 3 is 2.65 bits per heavy atom. The molecule has 1 unspecified atom stereocenters. The van der Waals surface area contributed by atoms with Crippen LogP contribution in [0.4, 0.5) is 0 Å². The van der Waals surface area contributed by atoms with Crippen molar-refractivity contribution in [2.24, 2.45) is 5.92 Å². The molecule has 2 aliphatic rings. The van der Waals surface area contributed by atoms with Gasteiger partial charge in [0.15, 0.2) is 0 Å². The summed E-state index contributed by atoms with van der Waals surface area (Å²) in [6, 6.07) is 11.6. The molecule has 1 aromatic carbocycles. The van der Waals surface area contributed by atoms with Crippen LogP contribution < -0.4 is 5.32 Å². The molecule has 1 saturated carbocycles. The van der Waals surface area contributed by atoms with Crippen LogP contribution in [0.25, 0.3) is 0 Å². The lowest BCUT2D eigenvalue weighted by Crippen LogP contribution is -2.62. The van der Waals surface area contributed by atoms with E-state index in [1.54, 1.807) is 0 Å². The maximum absolute atomic E-state index is 3.77. The Morgan fingerprint density at radius 2 is 1.95 bits per heavy atom. The van der Waals surface area contributed by atoms with E-state index in [-0.39, 0.29) is 0 Å². The maximum atomic E-state index is 3.77. The topological polar surface area (TPSA) is 15.3 Å². The van der Waals surface area contributed by atoms with Crippen LogP contribution in [-0.2, 0) is 6.42 Å². The number of benzene rings is 1. The molecule has 20 heavy (non-hydrogen) atoms. The Bertz CT molecular complexity index is 422. The summed E-state index contributed by atoms with van der Waals surface area (Å²) in [7, 11) is 0. The monoisotopic (exact) mass is 272 g/mol. The van der Waals surface area contributed by atoms with Crippen LogP contribution in [0.1, 0.15) is 38.7 Å². The highest BCUT2D eigenvalue weighted by atomic mass is 15.3. The molecule has 110 valence electrons. The Kier molecular flexibility index (Phi) is 4.13. The number of piperazine rings is 1. The summed E-state index contributed by atoms with van der Waals surface area (Å²) in [5, 5.41) is 3.77. The van der Waals surface area contributed by atoms with Crippen molar-refractivity contribution in [3.63, 3.8) is 0 Å². The smallest absolute Gasteiger partial charge is 0.0278 e. The summed E-state index contributed by atoms with van der Waals surface area (Å²) in [5.41, 5.74) is 1.78. The molecule has 1 N–H and O–H groups in total. The highest BCUT2D eigenvalue weighted by Gasteiger charge is 2.39. The number of aryl methyl sites for hydroxylation is 1. The second kappa shape index (κ2) is 5.87. The lowest BCUT2D eigenvalue weighted by molar-refractivity contribution is 0.0598. The summed E-state index contributed by atoms with van der Waals surface area (Å²) in [6.07, 6.45) is 5.35. The van der Waals surface area contributed by atoms with Crippen molar-refractivity contribution in [1.29, 1.82) is 0 Å². The Labute approximate surface area is 123 Å². The first kappa shape index (κ1) is 14.1. The third-order valence-electron chi connectivity index (χ3n) is 5.00. The van der Waals surface area contributed by atoms with E-state index in [1.165, 1.54) is 44.3 Å². The minimum atomic E-state index is 0.308. The molecular formula is C18H28N2. The SMILES string of the molecule is CC1(C)CNC(C2CC2)CN1CCCc1ccccc1. The standard InChI is InChI=1S/C18H28N2/c1-18(2)14-19-17(16-10-11-16)13-20(18)12-6-9-15-7-4-3-5-8-15/h3-5,7-8,16-17,19H,6,9-14H2,1-2H3. The molecule has 1 atom stereocenters. The Hall–Kier alpha value is -0.860. The van der Waals surface area contributed by atoms with Crippen LogP contribution in [0.5, 0.6) is 0 Å². The maximum Gasteiger partial charge on any atom is 0.0278 e. The van der Waals surface area contributed by atoms with Crippen molar-refractivity contribution in [2.45, 2.75) is 51.1 Å². The summed E-state index contributed by atoms with van der Waals surface area (Å²) < 4.78 is 0. The van der Waals surface area contributed by atoms with Crippen molar-refractivity contribution in [3.8, 4) is 0 Å². The first-order chi connectivity index (χ1) is 9.65. The van der Waals surface area contributed by atoms with E-state index < -0.39 is 0 Å². The number of nitrogens with one attached hydrogen (secondary N) is 1. The van der Waals surface area contributed by atoms with Gasteiger partial charge in [0.05, 0.1) is 0 Å². The number of rotatable bonds is 5. The first-order valence-electron chi connectivity index (χ1n) is 8.17. The van der Waals surface area contributed by atoms with Gasteiger partial charge >= 0.3 is 0 Å². The third-order valence-corrected chi connectivity index (χ3v) is 5.00. The van der Waals surface area contributed by atoms with E-state index in [1.807, 2.05) is 0 Å². The van der Waals surface area contributed by atoms with Crippen LogP contribution in [-0.4, -0.2) is 36.1 Å². The summed E-state index contributed by atoms with van der Waals surface area (Å²) in [6.45, 7) is 8.37. The average molecular weight is 272 g/mol. The number of nitrogens with zero attached hydrogens (tertiary/aromatic N) is 1. The van der Waals surface area contributed by atoms with Gasteiger partial charge in [-0.1, -0.05) is 30.3 Å². The predicted octanol–water partition coefficient (Wildman–Crippen LogP) is 3.08. The molecular weight excluding hydrogens is 244 g/mol. The molecule has 0 bridgehead atoms. The zero-order valence-corrected chi connectivity index (χ0v) is 12.9. The molecule has 1 aliphatic carbocycles. The van der Waals surface area contributed by atoms with Crippen molar-refractivity contribution < 1.29 is 0 Å². The largest absolute Gasteiger partial charge is 0.311 e. The molecule has 1 aromatic rings. The van der Waals surface area contributed by atoms with Crippen LogP contribution in [0.2, 0.25) is 0 Å². The van der Waals surface area contributed by atoms with E-state index >= 15 is 0 Å². The zero-order chi connectivity index (χ0) is 14.0. The molecule has 2 nitrogen and oxygen atoms in total. The molecule has 1 aliphatic heterocycles. The zero-order valence-electron chi connectivity index (χ0n) is 12.9. The Morgan fingerprint density at radius 1 is 1.20 bits per heavy atom. The Balaban J connectivity index is 1.51. The fourth-order valence-electron chi connectivity index (χ4n) is 3.37. The predicted molar refractivity (Wildman–Crippen MR) is 84.9 cm³/mol. The molecule has 0 radical (unpaired) electrons. The second-order valence-electron chi connectivity index (χ2n) is 7.17. The van der Waals surface area contributed by atoms with Gasteiger partial charge in [0.2, 0.25) is 0 Å². The lowest BCUT2D eigenvalue weighted by atomic mass is 9.95. The third kappa shape index (κ3) is 3.42. The van der Waals surface area contributed by atoms with Gasteiger partial charge in [0.25, 0.3) is 0 Å². The van der Waals surface area contributed by atoms with E-state index in [9.17, 15) is 0 Å². The minimum absolute atomic E-state index is 0.308. The molecule has 0 spiro atoms. The van der Waals surface area contributed by atoms with Gasteiger partial charge < -0.3 is 5.32 Å². The summed E-state index contributed by atoms with van der Waals surface area (Å²) in [4.78, 5) is 2.72. The van der Waals surface area contributed by atoms with Crippen LogP contribution >= 0.6 is 0 Å². The van der Waals surface area contributed by atoms with Gasteiger partial charge in [-0.25, -0.2) is 0 Å². The van der Waals surface area contributed by atoms with Crippen molar-refractivity contribution >= 4 is 0 Å². The number of hydrogen-bond acceptors (Lipinski definition) is 2. The molecule has 0 amide bonds. The van der Waals surface area contributed by atoms with E-state index in [0.29, 0.717) is 5.54 Å². The first-order valence-corrected chi connectivity index (χ1v) is 8.17. The van der Waals surface area contributed by atoms with Crippen molar-refractivity contribution in [3.05, 3.63) is 35.9 Å². The normalized spacial score (nSPS) is 26.6. The van der Waals surface area contributed by atoms with Crippen molar-refractivity contribution in [1.82, 2.24) is 10.2 Å². The van der Waals surface area contributed by atoms with Gasteiger partial charge in [-0.3, -0.25) is 4.90 Å². The molecule has 2 fully saturated rings. The van der Waals surface area contributed by atoms with Gasteiger partial charge in [-0.2, -0.15) is 0 Å². The van der Waals surface area contributed by atoms with Gasteiger partial charge in [0.1, 0.15) is 0 Å². The fourth-order valence-corrected chi connectivity index (χ4v) is 3.37. The van der Waals surface area contributed by atoms with Crippen LogP contribution in [0.3, 0.4) is 0 Å². The molecule has 1 heterocycles. The second-order valence-corrected chi connectivity index (χ2v) is 7.17. The summed E-state index contributed by atoms with van der Waals surface area (Å²) in [5.74, 6) is 0.961. The molecule has 2 heteroatoms. The quantitative estimate of drug-likeness (QED) is 0.886. The van der Waals surface area contributed by atoms with Crippen molar-refractivity contribution in [2.75, 3.05) is 19.6 Å². The molecule has 3 rings (SSSR count). The van der Waals surface area contributed by atoms with Crippen LogP contribution in [0.15, 0.2) is 30.3 Å². The van der Waals surface area contributed by atoms with Gasteiger partial charge in [-0.05, 0) is 57.6 Å². The number of hydrogen-bond donors (Lipinski definition) is 1. The van der Waals surface area contributed by atoms with E-state index in [2.05, 4.69) is 54.4 Å². The van der Waals surface area contributed by atoms with E-state index in [0.717, 1.165) is 18.5 Å². The van der Waals surface area contributed by atoms with Gasteiger partial charge in [0, 0.05) is 24.7 Å². The minimum Gasteiger partial charge on any atom is -0.311 e. The molecule has 0 aromatic heterocycles. The van der Waals surface area contributed by atoms with Crippen LogP contribution in [0, 0.1) is 5.92 Å². The fraction of sp³-hybridized carbons (Fsp3) is 0.667. The molecule has 1 saturated heterocycles. The summed E-state index contributed by atoms with van der Waals surface area (Å²) >= 11 is 0. The highest BCUT2D eigenvalue weighted by molar-refractivity contribution is 5.14. The van der Waals surface area contributed by atoms with Gasteiger partial charge in [-0.15, -0.1) is 0 Å². The average Bonchev–Trinajstić information content (AvgIpc) is 3.26. The highest BCUT2D eigenvalue weighted by Crippen LogP contribution is 2.35.